The topological polar surface area (TPSA) is 58.6 Å². The quantitative estimate of drug-likeness (QED) is 0.830. The summed E-state index contributed by atoms with van der Waals surface area (Å²) >= 11 is 0. The van der Waals surface area contributed by atoms with Gasteiger partial charge in [-0.3, -0.25) is 4.79 Å². The molecule has 2 N–H and O–H groups in total. The van der Waals surface area contributed by atoms with Gasteiger partial charge in [0.25, 0.3) is 0 Å². The summed E-state index contributed by atoms with van der Waals surface area (Å²) in [6, 6.07) is 13.9. The van der Waals surface area contributed by atoms with Crippen LogP contribution in [0.15, 0.2) is 42.5 Å². The molecule has 0 aliphatic carbocycles. The van der Waals surface area contributed by atoms with Crippen molar-refractivity contribution in [2.45, 2.75) is 6.42 Å². The fourth-order valence-electron chi connectivity index (χ4n) is 1.80. The lowest BCUT2D eigenvalue weighted by Gasteiger charge is -2.07. The van der Waals surface area contributed by atoms with Crippen LogP contribution in [0.1, 0.15) is 6.42 Å². The maximum atomic E-state index is 11.3. The van der Waals surface area contributed by atoms with E-state index in [9.17, 15) is 4.79 Å². The Morgan fingerprint density at radius 1 is 1.16 bits per heavy atom. The second-order valence-electron chi connectivity index (χ2n) is 4.18. The summed E-state index contributed by atoms with van der Waals surface area (Å²) < 4.78 is 5.54. The fourth-order valence-corrected chi connectivity index (χ4v) is 1.80. The van der Waals surface area contributed by atoms with Crippen molar-refractivity contribution in [2.75, 3.05) is 19.8 Å². The molecule has 0 aromatic heterocycles. The van der Waals surface area contributed by atoms with Gasteiger partial charge in [-0.1, -0.05) is 30.3 Å². The van der Waals surface area contributed by atoms with Crippen molar-refractivity contribution in [2.24, 2.45) is 0 Å². The first-order chi connectivity index (χ1) is 9.29. The Balaban J connectivity index is 1.86. The minimum Gasteiger partial charge on any atom is -0.493 e. The van der Waals surface area contributed by atoms with Crippen LogP contribution in [0.5, 0.6) is 5.75 Å². The van der Waals surface area contributed by atoms with Gasteiger partial charge in [-0.25, -0.2) is 0 Å². The van der Waals surface area contributed by atoms with Crippen LogP contribution < -0.4 is 10.1 Å². The summed E-state index contributed by atoms with van der Waals surface area (Å²) in [6.07, 6.45) is 0.285. The lowest BCUT2D eigenvalue weighted by molar-refractivity contribution is -0.121. The van der Waals surface area contributed by atoms with Crippen LogP contribution in [-0.2, 0) is 4.79 Å². The van der Waals surface area contributed by atoms with Gasteiger partial charge in [0.1, 0.15) is 5.75 Å². The molecule has 2 aromatic rings. The molecule has 0 bridgehead atoms. The van der Waals surface area contributed by atoms with Crippen molar-refractivity contribution in [3.8, 4) is 5.75 Å². The molecule has 4 heteroatoms. The van der Waals surface area contributed by atoms with Crippen LogP contribution in [0.3, 0.4) is 0 Å². The van der Waals surface area contributed by atoms with Crippen LogP contribution in [0.25, 0.3) is 10.8 Å². The molecule has 0 aliphatic rings. The van der Waals surface area contributed by atoms with E-state index in [0.29, 0.717) is 6.61 Å². The van der Waals surface area contributed by atoms with Crippen LogP contribution in [-0.4, -0.2) is 30.8 Å². The molecule has 0 fully saturated rings. The Morgan fingerprint density at radius 2 is 1.95 bits per heavy atom. The number of ether oxygens (including phenoxy) is 1. The first-order valence-electron chi connectivity index (χ1n) is 6.29. The third kappa shape index (κ3) is 3.96. The van der Waals surface area contributed by atoms with E-state index in [1.165, 1.54) is 0 Å². The van der Waals surface area contributed by atoms with Gasteiger partial charge in [0.2, 0.25) is 5.91 Å². The number of carbonyl (C=O) groups is 1. The molecule has 19 heavy (non-hydrogen) atoms. The van der Waals surface area contributed by atoms with Gasteiger partial charge in [-0.2, -0.15) is 0 Å². The largest absolute Gasteiger partial charge is 0.493 e. The van der Waals surface area contributed by atoms with Crippen LogP contribution in [0.4, 0.5) is 0 Å². The van der Waals surface area contributed by atoms with Crippen molar-refractivity contribution in [1.29, 1.82) is 0 Å². The highest BCUT2D eigenvalue weighted by Crippen LogP contribution is 2.20. The number of aliphatic hydroxyl groups excluding tert-OH is 1. The molecule has 0 saturated carbocycles. The van der Waals surface area contributed by atoms with Crippen molar-refractivity contribution >= 4 is 16.7 Å². The molecule has 1 amide bonds. The van der Waals surface area contributed by atoms with Gasteiger partial charge in [0.15, 0.2) is 0 Å². The summed E-state index contributed by atoms with van der Waals surface area (Å²) in [7, 11) is 0. The molecule has 0 saturated heterocycles. The zero-order chi connectivity index (χ0) is 13.5. The number of hydrogen-bond acceptors (Lipinski definition) is 3. The number of fused-ring (bicyclic) bond motifs is 1. The monoisotopic (exact) mass is 259 g/mol. The summed E-state index contributed by atoms with van der Waals surface area (Å²) in [5.74, 6) is 0.642. The third-order valence-electron chi connectivity index (χ3n) is 2.75. The molecule has 100 valence electrons. The summed E-state index contributed by atoms with van der Waals surface area (Å²) in [5, 5.41) is 13.4. The normalized spacial score (nSPS) is 10.4. The van der Waals surface area contributed by atoms with E-state index >= 15 is 0 Å². The van der Waals surface area contributed by atoms with E-state index in [2.05, 4.69) is 5.32 Å². The van der Waals surface area contributed by atoms with E-state index < -0.39 is 0 Å². The molecule has 2 rings (SSSR count). The zero-order valence-corrected chi connectivity index (χ0v) is 10.6. The average molecular weight is 259 g/mol. The third-order valence-corrected chi connectivity index (χ3v) is 2.75. The Hall–Kier alpha value is -2.07. The van der Waals surface area contributed by atoms with Crippen LogP contribution >= 0.6 is 0 Å². The van der Waals surface area contributed by atoms with Crippen LogP contribution in [0, 0.1) is 0 Å². The predicted molar refractivity (Wildman–Crippen MR) is 74.2 cm³/mol. The van der Waals surface area contributed by atoms with E-state index in [0.717, 1.165) is 16.5 Å². The van der Waals surface area contributed by atoms with Crippen LogP contribution in [0.2, 0.25) is 0 Å². The number of rotatable bonds is 6. The second kappa shape index (κ2) is 6.75. The van der Waals surface area contributed by atoms with E-state index in [1.54, 1.807) is 0 Å². The maximum absolute atomic E-state index is 11.3. The first-order valence-corrected chi connectivity index (χ1v) is 6.29. The molecule has 0 heterocycles. The predicted octanol–water partition coefficient (Wildman–Crippen LogP) is 1.72. The minimum absolute atomic E-state index is 0.0444. The standard InChI is InChI=1S/C15H17NO3/c17-9-8-16-15(18)7-10-19-14-6-5-12-3-1-2-4-13(12)11-14/h1-6,11,17H,7-10H2,(H,16,18). The number of amides is 1. The Morgan fingerprint density at radius 3 is 2.74 bits per heavy atom. The molecule has 0 aliphatic heterocycles. The maximum Gasteiger partial charge on any atom is 0.223 e. The molecule has 0 radical (unpaired) electrons. The first kappa shape index (κ1) is 13.4. The fraction of sp³-hybridized carbons (Fsp3) is 0.267. The number of carbonyl (C=O) groups excluding carboxylic acids is 1. The number of benzene rings is 2. The molecular weight excluding hydrogens is 242 g/mol. The smallest absolute Gasteiger partial charge is 0.223 e. The summed E-state index contributed by atoms with van der Waals surface area (Å²) in [5.41, 5.74) is 0. The van der Waals surface area contributed by atoms with Gasteiger partial charge in [-0.05, 0) is 22.9 Å². The molecular formula is C15H17NO3. The van der Waals surface area contributed by atoms with Crippen molar-refractivity contribution < 1.29 is 14.6 Å². The van der Waals surface area contributed by atoms with E-state index in [-0.39, 0.29) is 25.5 Å². The van der Waals surface area contributed by atoms with Gasteiger partial charge >= 0.3 is 0 Å². The average Bonchev–Trinajstić information content (AvgIpc) is 2.45. The molecule has 0 atom stereocenters. The highest BCUT2D eigenvalue weighted by Gasteiger charge is 2.01. The molecule has 2 aromatic carbocycles. The highest BCUT2D eigenvalue weighted by atomic mass is 16.5. The SMILES string of the molecule is O=C(CCOc1ccc2ccccc2c1)NCCO. The lowest BCUT2D eigenvalue weighted by atomic mass is 10.1. The van der Waals surface area contributed by atoms with E-state index in [4.69, 9.17) is 9.84 Å². The number of aliphatic hydroxyl groups is 1. The number of hydrogen-bond donors (Lipinski definition) is 2. The Kier molecular flexibility index (Phi) is 4.75. The highest BCUT2D eigenvalue weighted by molar-refractivity contribution is 5.83. The second-order valence-corrected chi connectivity index (χ2v) is 4.18. The van der Waals surface area contributed by atoms with Gasteiger partial charge in [-0.15, -0.1) is 0 Å². The van der Waals surface area contributed by atoms with Crippen molar-refractivity contribution in [1.82, 2.24) is 5.32 Å². The number of nitrogens with one attached hydrogen (secondary N) is 1. The molecule has 4 nitrogen and oxygen atoms in total. The van der Waals surface area contributed by atoms with E-state index in [1.807, 2.05) is 42.5 Å². The van der Waals surface area contributed by atoms with Gasteiger partial charge in [0.05, 0.1) is 19.6 Å². The zero-order valence-electron chi connectivity index (χ0n) is 10.6. The Bertz CT molecular complexity index is 554. The molecule has 0 spiro atoms. The van der Waals surface area contributed by atoms with Crippen molar-refractivity contribution in [3.63, 3.8) is 0 Å². The van der Waals surface area contributed by atoms with Crippen molar-refractivity contribution in [3.05, 3.63) is 42.5 Å². The summed E-state index contributed by atoms with van der Waals surface area (Å²) in [4.78, 5) is 11.3. The minimum atomic E-state index is -0.116. The molecule has 0 unspecified atom stereocenters. The Labute approximate surface area is 112 Å². The van der Waals surface area contributed by atoms with Gasteiger partial charge in [0, 0.05) is 6.54 Å². The lowest BCUT2D eigenvalue weighted by Crippen LogP contribution is -2.27. The summed E-state index contributed by atoms with van der Waals surface area (Å²) in [6.45, 7) is 0.571. The van der Waals surface area contributed by atoms with Gasteiger partial charge < -0.3 is 15.2 Å².